The molecule has 2 aromatic rings. The van der Waals surface area contributed by atoms with Crippen LogP contribution in [-0.2, 0) is 20.5 Å². The molecule has 0 saturated carbocycles. The molecule has 0 fully saturated rings. The van der Waals surface area contributed by atoms with Crippen LogP contribution in [0.1, 0.15) is 23.1 Å². The van der Waals surface area contributed by atoms with Crippen LogP contribution in [0.4, 0.5) is 18.9 Å². The third-order valence-electron chi connectivity index (χ3n) is 3.78. The average molecular weight is 395 g/mol. The lowest BCUT2D eigenvalue weighted by atomic mass is 10.1. The van der Waals surface area contributed by atoms with Crippen LogP contribution in [-0.4, -0.2) is 25.1 Å². The summed E-state index contributed by atoms with van der Waals surface area (Å²) in [6, 6.07) is 10.2. The molecule has 28 heavy (non-hydrogen) atoms. The molecule has 1 amide bonds. The fourth-order valence-corrected chi connectivity index (χ4v) is 2.35. The predicted octanol–water partition coefficient (Wildman–Crippen LogP) is 4.27. The van der Waals surface area contributed by atoms with Gasteiger partial charge in [0.25, 0.3) is 5.91 Å². The van der Waals surface area contributed by atoms with E-state index in [0.717, 1.165) is 23.3 Å². The SMILES string of the molecule is Cc1ccc(C)c(OCCC(=O)OCC(=O)Nc2ccccc2C(F)(F)F)c1. The van der Waals surface area contributed by atoms with Gasteiger partial charge >= 0.3 is 12.1 Å². The monoisotopic (exact) mass is 395 g/mol. The van der Waals surface area contributed by atoms with Crippen molar-refractivity contribution in [3.63, 3.8) is 0 Å². The van der Waals surface area contributed by atoms with Crippen molar-refractivity contribution in [1.29, 1.82) is 0 Å². The van der Waals surface area contributed by atoms with E-state index in [2.05, 4.69) is 5.32 Å². The van der Waals surface area contributed by atoms with Gasteiger partial charge in [0.05, 0.1) is 24.3 Å². The van der Waals surface area contributed by atoms with Gasteiger partial charge in [-0.1, -0.05) is 24.3 Å². The van der Waals surface area contributed by atoms with Crippen LogP contribution in [0.25, 0.3) is 0 Å². The summed E-state index contributed by atoms with van der Waals surface area (Å²) >= 11 is 0. The highest BCUT2D eigenvalue weighted by Crippen LogP contribution is 2.34. The maximum Gasteiger partial charge on any atom is 0.418 e. The molecule has 2 aromatic carbocycles. The zero-order valence-electron chi connectivity index (χ0n) is 15.4. The molecule has 0 spiro atoms. The minimum Gasteiger partial charge on any atom is -0.493 e. The summed E-state index contributed by atoms with van der Waals surface area (Å²) in [5, 5.41) is 2.10. The number of hydrogen-bond acceptors (Lipinski definition) is 4. The summed E-state index contributed by atoms with van der Waals surface area (Å²) in [5.74, 6) is -0.903. The highest BCUT2D eigenvalue weighted by molar-refractivity contribution is 5.93. The molecule has 0 bridgehead atoms. The molecule has 150 valence electrons. The molecule has 0 aliphatic rings. The van der Waals surface area contributed by atoms with Crippen LogP contribution in [0, 0.1) is 13.8 Å². The normalized spacial score (nSPS) is 11.0. The lowest BCUT2D eigenvalue weighted by molar-refractivity contribution is -0.147. The Morgan fingerprint density at radius 2 is 1.79 bits per heavy atom. The Morgan fingerprint density at radius 3 is 2.50 bits per heavy atom. The third kappa shape index (κ3) is 6.29. The van der Waals surface area contributed by atoms with Gasteiger partial charge in [0, 0.05) is 0 Å². The number of benzene rings is 2. The van der Waals surface area contributed by atoms with Crippen LogP contribution >= 0.6 is 0 Å². The second-order valence-corrected chi connectivity index (χ2v) is 6.12. The Morgan fingerprint density at radius 1 is 1.07 bits per heavy atom. The van der Waals surface area contributed by atoms with Crippen LogP contribution in [0.3, 0.4) is 0 Å². The van der Waals surface area contributed by atoms with Gasteiger partial charge in [0.1, 0.15) is 5.75 Å². The number of alkyl halides is 3. The van der Waals surface area contributed by atoms with E-state index in [4.69, 9.17) is 9.47 Å². The molecule has 0 aliphatic heterocycles. The molecule has 0 heterocycles. The lowest BCUT2D eigenvalue weighted by Gasteiger charge is -2.13. The van der Waals surface area contributed by atoms with Crippen molar-refractivity contribution in [2.45, 2.75) is 26.4 Å². The van der Waals surface area contributed by atoms with Crippen LogP contribution < -0.4 is 10.1 Å². The summed E-state index contributed by atoms with van der Waals surface area (Å²) in [7, 11) is 0. The van der Waals surface area contributed by atoms with Crippen molar-refractivity contribution in [1.82, 2.24) is 0 Å². The Bertz CT molecular complexity index is 850. The van der Waals surface area contributed by atoms with Crippen LogP contribution in [0.2, 0.25) is 0 Å². The smallest absolute Gasteiger partial charge is 0.418 e. The van der Waals surface area contributed by atoms with Crippen molar-refractivity contribution >= 4 is 17.6 Å². The Hall–Kier alpha value is -3.03. The van der Waals surface area contributed by atoms with Gasteiger partial charge in [-0.2, -0.15) is 13.2 Å². The van der Waals surface area contributed by atoms with Gasteiger partial charge in [0.15, 0.2) is 6.61 Å². The van der Waals surface area contributed by atoms with Crippen LogP contribution in [0.15, 0.2) is 42.5 Å². The number of rotatable bonds is 7. The van der Waals surface area contributed by atoms with Crippen molar-refractivity contribution in [3.05, 3.63) is 59.2 Å². The van der Waals surface area contributed by atoms with E-state index in [1.165, 1.54) is 12.1 Å². The first kappa shape index (κ1) is 21.3. The van der Waals surface area contributed by atoms with Crippen molar-refractivity contribution in [2.24, 2.45) is 0 Å². The van der Waals surface area contributed by atoms with Gasteiger partial charge in [-0.15, -0.1) is 0 Å². The summed E-state index contributed by atoms with van der Waals surface area (Å²) in [4.78, 5) is 23.5. The van der Waals surface area contributed by atoms with E-state index in [-0.39, 0.29) is 13.0 Å². The zero-order valence-corrected chi connectivity index (χ0v) is 15.4. The second kappa shape index (κ2) is 9.25. The number of esters is 1. The summed E-state index contributed by atoms with van der Waals surface area (Å²) in [6.07, 6.45) is -4.70. The van der Waals surface area contributed by atoms with E-state index in [0.29, 0.717) is 5.75 Å². The minimum absolute atomic E-state index is 0.0572. The Balaban J connectivity index is 1.79. The van der Waals surface area contributed by atoms with E-state index in [9.17, 15) is 22.8 Å². The highest BCUT2D eigenvalue weighted by atomic mass is 19.4. The maximum absolute atomic E-state index is 12.9. The molecule has 0 aromatic heterocycles. The molecule has 1 N–H and O–H groups in total. The third-order valence-corrected chi connectivity index (χ3v) is 3.78. The van der Waals surface area contributed by atoms with E-state index >= 15 is 0 Å². The number of anilines is 1. The van der Waals surface area contributed by atoms with Gasteiger partial charge < -0.3 is 14.8 Å². The summed E-state index contributed by atoms with van der Waals surface area (Å²) in [6.45, 7) is 3.16. The largest absolute Gasteiger partial charge is 0.493 e. The molecule has 0 atom stereocenters. The van der Waals surface area contributed by atoms with E-state index in [1.54, 1.807) is 0 Å². The molecule has 0 radical (unpaired) electrons. The minimum atomic E-state index is -4.61. The molecule has 5 nitrogen and oxygen atoms in total. The molecule has 8 heteroatoms. The number of carbonyl (C=O) groups excluding carboxylic acids is 2. The lowest BCUT2D eigenvalue weighted by Crippen LogP contribution is -2.23. The van der Waals surface area contributed by atoms with Gasteiger partial charge in [-0.25, -0.2) is 0 Å². The topological polar surface area (TPSA) is 64.6 Å². The predicted molar refractivity (Wildman–Crippen MR) is 97.1 cm³/mol. The van der Waals surface area contributed by atoms with Gasteiger partial charge in [-0.3, -0.25) is 9.59 Å². The standard InChI is InChI=1S/C20H20F3NO4/c1-13-7-8-14(2)17(11-13)27-10-9-19(26)28-12-18(25)24-16-6-4-3-5-15(16)20(21,22)23/h3-8,11H,9-10,12H2,1-2H3,(H,24,25). The molecule has 2 rings (SSSR count). The number of hydrogen-bond donors (Lipinski definition) is 1. The number of carbonyl (C=O) groups is 2. The van der Waals surface area contributed by atoms with E-state index < -0.39 is 35.9 Å². The Labute approximate surface area is 160 Å². The molecular weight excluding hydrogens is 375 g/mol. The average Bonchev–Trinajstić information content (AvgIpc) is 2.62. The molecule has 0 unspecified atom stereocenters. The van der Waals surface area contributed by atoms with E-state index in [1.807, 2.05) is 32.0 Å². The van der Waals surface area contributed by atoms with Crippen molar-refractivity contribution in [2.75, 3.05) is 18.5 Å². The maximum atomic E-state index is 12.9. The zero-order chi connectivity index (χ0) is 20.7. The van der Waals surface area contributed by atoms with Gasteiger partial charge in [0.2, 0.25) is 0 Å². The first-order valence-electron chi connectivity index (χ1n) is 8.48. The molecular formula is C20H20F3NO4. The van der Waals surface area contributed by atoms with Crippen LogP contribution in [0.5, 0.6) is 5.75 Å². The summed E-state index contributed by atoms with van der Waals surface area (Å²) < 4.78 is 49.0. The summed E-state index contributed by atoms with van der Waals surface area (Å²) in [5.41, 5.74) is 0.562. The number of ether oxygens (including phenoxy) is 2. The first-order valence-corrected chi connectivity index (χ1v) is 8.48. The molecule has 0 aliphatic carbocycles. The van der Waals surface area contributed by atoms with Gasteiger partial charge in [-0.05, 0) is 43.2 Å². The second-order valence-electron chi connectivity index (χ2n) is 6.12. The number of amides is 1. The van der Waals surface area contributed by atoms with Crippen molar-refractivity contribution in [3.8, 4) is 5.75 Å². The quantitative estimate of drug-likeness (QED) is 0.711. The highest BCUT2D eigenvalue weighted by Gasteiger charge is 2.33. The number of nitrogens with one attached hydrogen (secondary N) is 1. The first-order chi connectivity index (χ1) is 13.2. The Kier molecular flexibility index (Phi) is 7.03. The number of halogens is 3. The number of para-hydroxylation sites is 1. The molecule has 0 saturated heterocycles. The fourth-order valence-electron chi connectivity index (χ4n) is 2.35. The fraction of sp³-hybridized carbons (Fsp3) is 0.300. The number of aryl methyl sites for hydroxylation is 2. The van der Waals surface area contributed by atoms with Crippen molar-refractivity contribution < 1.29 is 32.2 Å².